The standard InChI is InChI=1S/C20H30N4O3/c1-6-27-12-18-21-16-11-15(8-10-19(25)22-26)7-9-17(16)24(18)14-20(2,3)13-23(4)5/h7-11,26H,6,12-14H2,1-5H3,(H,22,25)/b10-8+. The molecule has 0 saturated heterocycles. The molecular formula is C20H30N4O3. The van der Waals surface area contributed by atoms with Crippen molar-refractivity contribution in [1.29, 1.82) is 0 Å². The number of amides is 1. The topological polar surface area (TPSA) is 79.6 Å². The third kappa shape index (κ3) is 5.89. The van der Waals surface area contributed by atoms with Gasteiger partial charge in [-0.1, -0.05) is 19.9 Å². The van der Waals surface area contributed by atoms with E-state index < -0.39 is 5.91 Å². The van der Waals surface area contributed by atoms with Gasteiger partial charge >= 0.3 is 0 Å². The van der Waals surface area contributed by atoms with E-state index in [4.69, 9.17) is 14.9 Å². The van der Waals surface area contributed by atoms with Gasteiger partial charge in [0, 0.05) is 25.8 Å². The number of fused-ring (bicyclic) bond motifs is 1. The fourth-order valence-electron chi connectivity index (χ4n) is 3.32. The summed E-state index contributed by atoms with van der Waals surface area (Å²) in [5.74, 6) is 0.330. The molecule has 0 unspecified atom stereocenters. The van der Waals surface area contributed by atoms with Gasteiger partial charge in [-0.3, -0.25) is 10.0 Å². The lowest BCUT2D eigenvalue weighted by molar-refractivity contribution is -0.124. The molecule has 1 amide bonds. The van der Waals surface area contributed by atoms with Crippen molar-refractivity contribution in [3.63, 3.8) is 0 Å². The lowest BCUT2D eigenvalue weighted by Gasteiger charge is -2.29. The van der Waals surface area contributed by atoms with E-state index in [2.05, 4.69) is 37.4 Å². The highest BCUT2D eigenvalue weighted by Gasteiger charge is 2.23. The number of hydrogen-bond donors (Lipinski definition) is 2. The Balaban J connectivity index is 2.40. The number of carbonyl (C=O) groups excluding carboxylic acids is 1. The van der Waals surface area contributed by atoms with Crippen molar-refractivity contribution in [2.45, 2.75) is 33.9 Å². The summed E-state index contributed by atoms with van der Waals surface area (Å²) in [7, 11) is 4.16. The number of nitrogens with one attached hydrogen (secondary N) is 1. The minimum Gasteiger partial charge on any atom is -0.374 e. The summed E-state index contributed by atoms with van der Waals surface area (Å²) in [5.41, 5.74) is 4.39. The average Bonchev–Trinajstić information content (AvgIpc) is 2.92. The van der Waals surface area contributed by atoms with Crippen LogP contribution in [0.3, 0.4) is 0 Å². The van der Waals surface area contributed by atoms with Gasteiger partial charge < -0.3 is 14.2 Å². The van der Waals surface area contributed by atoms with Crippen LogP contribution in [-0.4, -0.2) is 52.8 Å². The molecule has 0 saturated carbocycles. The monoisotopic (exact) mass is 374 g/mol. The fraction of sp³-hybridized carbons (Fsp3) is 0.500. The predicted molar refractivity (Wildman–Crippen MR) is 106 cm³/mol. The molecule has 0 radical (unpaired) electrons. The number of rotatable bonds is 9. The summed E-state index contributed by atoms with van der Waals surface area (Å²) in [6.45, 7) is 9.33. The first-order chi connectivity index (χ1) is 12.8. The van der Waals surface area contributed by atoms with Crippen molar-refractivity contribution in [2.75, 3.05) is 27.2 Å². The summed E-state index contributed by atoms with van der Waals surface area (Å²) in [6, 6.07) is 5.88. The van der Waals surface area contributed by atoms with Crippen LogP contribution < -0.4 is 5.48 Å². The zero-order chi connectivity index (χ0) is 20.0. The van der Waals surface area contributed by atoms with Gasteiger partial charge in [-0.15, -0.1) is 0 Å². The van der Waals surface area contributed by atoms with Crippen molar-refractivity contribution in [1.82, 2.24) is 19.9 Å². The maximum absolute atomic E-state index is 11.2. The van der Waals surface area contributed by atoms with Gasteiger partial charge in [0.1, 0.15) is 12.4 Å². The number of hydroxylamine groups is 1. The van der Waals surface area contributed by atoms with Crippen molar-refractivity contribution < 1.29 is 14.7 Å². The fourth-order valence-corrected chi connectivity index (χ4v) is 3.32. The van der Waals surface area contributed by atoms with Crippen LogP contribution in [-0.2, 0) is 22.7 Å². The molecule has 2 N–H and O–H groups in total. The van der Waals surface area contributed by atoms with E-state index >= 15 is 0 Å². The highest BCUT2D eigenvalue weighted by Crippen LogP contribution is 2.26. The Kier molecular flexibility index (Phi) is 7.12. The van der Waals surface area contributed by atoms with E-state index in [0.29, 0.717) is 13.2 Å². The normalized spacial score (nSPS) is 12.4. The van der Waals surface area contributed by atoms with Crippen LogP contribution in [0.15, 0.2) is 24.3 Å². The molecule has 27 heavy (non-hydrogen) atoms. The van der Waals surface area contributed by atoms with Crippen molar-refractivity contribution in [3.8, 4) is 0 Å². The molecule has 7 heteroatoms. The summed E-state index contributed by atoms with van der Waals surface area (Å²) >= 11 is 0. The second kappa shape index (κ2) is 9.12. The quantitative estimate of drug-likeness (QED) is 0.401. The van der Waals surface area contributed by atoms with Gasteiger partial charge in [-0.2, -0.15) is 0 Å². The molecule has 2 rings (SSSR count). The smallest absolute Gasteiger partial charge is 0.267 e. The highest BCUT2D eigenvalue weighted by atomic mass is 16.5. The first kappa shape index (κ1) is 21.1. The molecule has 0 spiro atoms. The summed E-state index contributed by atoms with van der Waals surface area (Å²) in [4.78, 5) is 18.1. The number of benzene rings is 1. The summed E-state index contributed by atoms with van der Waals surface area (Å²) < 4.78 is 7.85. The Labute approximate surface area is 160 Å². The third-order valence-corrected chi connectivity index (χ3v) is 4.15. The Morgan fingerprint density at radius 2 is 2.15 bits per heavy atom. The number of nitrogens with zero attached hydrogens (tertiary/aromatic N) is 3. The number of aromatic nitrogens is 2. The molecule has 7 nitrogen and oxygen atoms in total. The zero-order valence-corrected chi connectivity index (χ0v) is 16.8. The van der Waals surface area contributed by atoms with E-state index in [1.807, 2.05) is 25.1 Å². The van der Waals surface area contributed by atoms with E-state index in [-0.39, 0.29) is 5.41 Å². The van der Waals surface area contributed by atoms with E-state index in [9.17, 15) is 4.79 Å². The first-order valence-corrected chi connectivity index (χ1v) is 9.09. The number of hydrogen-bond acceptors (Lipinski definition) is 5. The number of carbonyl (C=O) groups is 1. The van der Waals surface area contributed by atoms with Crippen molar-refractivity contribution >= 4 is 23.0 Å². The van der Waals surface area contributed by atoms with Gasteiger partial charge in [0.2, 0.25) is 0 Å². The van der Waals surface area contributed by atoms with Crippen LogP contribution in [0.4, 0.5) is 0 Å². The molecule has 2 aromatic rings. The molecule has 0 aliphatic heterocycles. The SMILES string of the molecule is CCOCc1nc2cc(/C=C/C(=O)NO)ccc2n1CC(C)(C)CN(C)C. The van der Waals surface area contributed by atoms with E-state index in [1.54, 1.807) is 11.6 Å². The number of ether oxygens (including phenoxy) is 1. The molecule has 0 fully saturated rings. The van der Waals surface area contributed by atoms with Crippen LogP contribution in [0.5, 0.6) is 0 Å². The zero-order valence-electron chi connectivity index (χ0n) is 16.8. The summed E-state index contributed by atoms with van der Waals surface area (Å²) in [5, 5.41) is 8.59. The van der Waals surface area contributed by atoms with Gasteiger partial charge in [0.25, 0.3) is 5.91 Å². The maximum Gasteiger partial charge on any atom is 0.267 e. The Bertz CT molecular complexity index is 809. The molecule has 0 aliphatic rings. The van der Waals surface area contributed by atoms with Crippen LogP contribution >= 0.6 is 0 Å². The summed E-state index contributed by atoms with van der Waals surface area (Å²) in [6.07, 6.45) is 2.92. The predicted octanol–water partition coefficient (Wildman–Crippen LogP) is 2.68. The second-order valence-electron chi connectivity index (χ2n) is 7.71. The van der Waals surface area contributed by atoms with Crippen LogP contribution in [0.2, 0.25) is 0 Å². The third-order valence-electron chi connectivity index (χ3n) is 4.15. The maximum atomic E-state index is 11.2. The molecule has 0 aliphatic carbocycles. The van der Waals surface area contributed by atoms with E-state index in [0.717, 1.165) is 35.5 Å². The van der Waals surface area contributed by atoms with Crippen LogP contribution in [0.1, 0.15) is 32.2 Å². The molecule has 148 valence electrons. The molecule has 0 bridgehead atoms. The van der Waals surface area contributed by atoms with Gasteiger partial charge in [-0.25, -0.2) is 10.5 Å². The van der Waals surface area contributed by atoms with Crippen LogP contribution in [0.25, 0.3) is 17.1 Å². The second-order valence-corrected chi connectivity index (χ2v) is 7.71. The lowest BCUT2D eigenvalue weighted by Crippen LogP contribution is -2.32. The molecule has 0 atom stereocenters. The average molecular weight is 374 g/mol. The largest absolute Gasteiger partial charge is 0.374 e. The molecule has 1 heterocycles. The van der Waals surface area contributed by atoms with Gasteiger partial charge in [-0.05, 0) is 50.2 Å². The lowest BCUT2D eigenvalue weighted by atomic mass is 9.92. The Hall–Kier alpha value is -2.22. The highest BCUT2D eigenvalue weighted by molar-refractivity contribution is 5.91. The Morgan fingerprint density at radius 1 is 1.41 bits per heavy atom. The van der Waals surface area contributed by atoms with Crippen molar-refractivity contribution in [3.05, 3.63) is 35.7 Å². The minimum absolute atomic E-state index is 0.0654. The van der Waals surface area contributed by atoms with Crippen LogP contribution in [0, 0.1) is 5.41 Å². The molecular weight excluding hydrogens is 344 g/mol. The Morgan fingerprint density at radius 3 is 2.78 bits per heavy atom. The van der Waals surface area contributed by atoms with Gasteiger partial charge in [0.15, 0.2) is 0 Å². The van der Waals surface area contributed by atoms with E-state index in [1.165, 1.54) is 6.08 Å². The molecule has 1 aromatic heterocycles. The van der Waals surface area contributed by atoms with Gasteiger partial charge in [0.05, 0.1) is 11.0 Å². The minimum atomic E-state index is -0.567. The first-order valence-electron chi connectivity index (χ1n) is 9.09. The molecule has 1 aromatic carbocycles. The van der Waals surface area contributed by atoms with Crippen molar-refractivity contribution in [2.24, 2.45) is 5.41 Å². The number of imidazole rings is 1.